The molecule has 0 aromatic heterocycles. The van der Waals surface area contributed by atoms with Crippen LogP contribution in [0.3, 0.4) is 0 Å². The van der Waals surface area contributed by atoms with Gasteiger partial charge in [-0.25, -0.2) is 17.6 Å². The molecule has 1 heterocycles. The predicted molar refractivity (Wildman–Crippen MR) is 157 cm³/mol. The van der Waals surface area contributed by atoms with Crippen LogP contribution < -0.4 is 4.74 Å². The van der Waals surface area contributed by atoms with Crippen LogP contribution >= 0.6 is 0 Å². The average Bonchev–Trinajstić information content (AvgIpc) is 3.01. The van der Waals surface area contributed by atoms with Crippen LogP contribution in [0.5, 0.6) is 5.75 Å². The molecule has 5 rings (SSSR count). The van der Waals surface area contributed by atoms with E-state index in [4.69, 9.17) is 14.2 Å². The number of benzene rings is 2. The molecule has 2 aromatic carbocycles. The summed E-state index contributed by atoms with van der Waals surface area (Å²) in [5, 5.41) is 11.2. The van der Waals surface area contributed by atoms with E-state index in [1.807, 2.05) is 0 Å². The maximum Gasteiger partial charge on any atom is 0.400 e. The first-order chi connectivity index (χ1) is 21.3. The van der Waals surface area contributed by atoms with E-state index in [-0.39, 0.29) is 35.3 Å². The molecule has 1 saturated heterocycles. The molecular weight excluding hydrogens is 598 g/mol. The van der Waals surface area contributed by atoms with Gasteiger partial charge in [0.2, 0.25) is 0 Å². The first-order valence-electron chi connectivity index (χ1n) is 16.3. The molecule has 3 aliphatic rings. The minimum Gasteiger partial charge on any atom is -0.432 e. The second-order valence-electron chi connectivity index (χ2n) is 13.8. The molecule has 250 valence electrons. The number of ether oxygens (including phenoxy) is 3. The lowest BCUT2D eigenvalue weighted by Gasteiger charge is -2.47. The monoisotopic (exact) mass is 642 g/mol. The molecule has 0 atom stereocenters. The lowest BCUT2D eigenvalue weighted by molar-refractivity contribution is -0.427. The number of rotatable bonds is 10. The lowest BCUT2D eigenvalue weighted by atomic mass is 9.68. The van der Waals surface area contributed by atoms with E-state index in [2.05, 4.69) is 13.8 Å². The molecule has 2 aromatic rings. The van der Waals surface area contributed by atoms with E-state index in [1.54, 1.807) is 0 Å². The number of halogens is 6. The van der Waals surface area contributed by atoms with Crippen LogP contribution in [-0.4, -0.2) is 30.4 Å². The van der Waals surface area contributed by atoms with Gasteiger partial charge in [0.05, 0.1) is 19.1 Å². The fourth-order valence-electron chi connectivity index (χ4n) is 7.45. The predicted octanol–water partition coefficient (Wildman–Crippen LogP) is 9.77. The Morgan fingerprint density at radius 1 is 0.822 bits per heavy atom. The van der Waals surface area contributed by atoms with Gasteiger partial charge in [-0.2, -0.15) is 8.78 Å². The highest BCUT2D eigenvalue weighted by Crippen LogP contribution is 2.48. The van der Waals surface area contributed by atoms with Gasteiger partial charge in [0.1, 0.15) is 11.6 Å². The van der Waals surface area contributed by atoms with Crippen molar-refractivity contribution in [2.45, 2.75) is 103 Å². The van der Waals surface area contributed by atoms with Gasteiger partial charge in [0.15, 0.2) is 17.5 Å². The molecule has 1 aliphatic heterocycles. The van der Waals surface area contributed by atoms with Crippen LogP contribution in [0.4, 0.5) is 26.3 Å². The maximum atomic E-state index is 15.2. The Morgan fingerprint density at radius 2 is 1.40 bits per heavy atom. The molecule has 0 amide bonds. The van der Waals surface area contributed by atoms with E-state index < -0.39 is 47.0 Å². The second kappa shape index (κ2) is 13.8. The molecule has 4 nitrogen and oxygen atoms in total. The van der Waals surface area contributed by atoms with Crippen molar-refractivity contribution in [3.63, 3.8) is 0 Å². The van der Waals surface area contributed by atoms with Gasteiger partial charge in [0, 0.05) is 23.0 Å². The zero-order valence-corrected chi connectivity index (χ0v) is 26.0. The molecular formula is C35H44F6O4. The molecule has 3 fully saturated rings. The second-order valence-corrected chi connectivity index (χ2v) is 13.8. The molecule has 0 spiro atoms. The summed E-state index contributed by atoms with van der Waals surface area (Å²) in [7, 11) is 0. The van der Waals surface area contributed by atoms with Gasteiger partial charge < -0.3 is 19.3 Å². The van der Waals surface area contributed by atoms with Crippen LogP contribution in [0.15, 0.2) is 30.3 Å². The Morgan fingerprint density at radius 3 is 1.96 bits per heavy atom. The minimum atomic E-state index is -3.53. The maximum absolute atomic E-state index is 15.2. The Bertz CT molecular complexity index is 1270. The first kappa shape index (κ1) is 34.0. The van der Waals surface area contributed by atoms with E-state index in [9.17, 15) is 22.7 Å². The van der Waals surface area contributed by atoms with E-state index in [0.29, 0.717) is 50.0 Å². The number of alkyl halides is 2. The summed E-state index contributed by atoms with van der Waals surface area (Å²) in [6.45, 7) is 5.25. The highest BCUT2D eigenvalue weighted by Gasteiger charge is 2.49. The van der Waals surface area contributed by atoms with Gasteiger partial charge >= 0.3 is 6.11 Å². The Labute approximate surface area is 261 Å². The summed E-state index contributed by atoms with van der Waals surface area (Å²) < 4.78 is 102. The van der Waals surface area contributed by atoms with E-state index in [0.717, 1.165) is 63.1 Å². The normalized spacial score (nSPS) is 31.1. The zero-order chi connectivity index (χ0) is 32.4. The summed E-state index contributed by atoms with van der Waals surface area (Å²) in [4.78, 5) is 0. The van der Waals surface area contributed by atoms with Crippen molar-refractivity contribution in [1.82, 2.24) is 0 Å². The minimum absolute atomic E-state index is 0.0912. The molecule has 2 aliphatic carbocycles. The van der Waals surface area contributed by atoms with Crippen LogP contribution in [0, 0.1) is 52.4 Å². The third kappa shape index (κ3) is 7.82. The topological polar surface area (TPSA) is 47.9 Å². The Hall–Kier alpha value is -2.30. The SMILES string of the molecule is CCCCCC1(C)COC(O)(C2CCC(C3CCC(C(F)(F)Oc4ccc(-c5cc(F)c(F)c(F)c5)c(F)c4)CC3)CC2)OC1. The van der Waals surface area contributed by atoms with Crippen molar-refractivity contribution in [2.24, 2.45) is 29.1 Å². The van der Waals surface area contributed by atoms with Crippen LogP contribution in [0.25, 0.3) is 11.1 Å². The van der Waals surface area contributed by atoms with Crippen molar-refractivity contribution in [3.8, 4) is 16.9 Å². The highest BCUT2D eigenvalue weighted by molar-refractivity contribution is 5.65. The van der Waals surface area contributed by atoms with Gasteiger partial charge in [-0.05, 0) is 99.5 Å². The number of aliphatic hydroxyl groups is 1. The van der Waals surface area contributed by atoms with Crippen LogP contribution in [-0.2, 0) is 9.47 Å². The Kier molecular flexibility index (Phi) is 10.5. The summed E-state index contributed by atoms with van der Waals surface area (Å²) in [6.07, 6.45) is 5.94. The van der Waals surface area contributed by atoms with Crippen molar-refractivity contribution in [3.05, 3.63) is 53.6 Å². The van der Waals surface area contributed by atoms with Crippen LogP contribution in [0.1, 0.15) is 90.9 Å². The molecule has 0 unspecified atom stereocenters. The number of hydrogen-bond donors (Lipinski definition) is 1. The summed E-state index contributed by atoms with van der Waals surface area (Å²) in [5.74, 6) is -8.10. The van der Waals surface area contributed by atoms with Crippen molar-refractivity contribution in [1.29, 1.82) is 0 Å². The third-order valence-electron chi connectivity index (χ3n) is 10.3. The first-order valence-corrected chi connectivity index (χ1v) is 16.3. The summed E-state index contributed by atoms with van der Waals surface area (Å²) in [5.41, 5.74) is -0.622. The van der Waals surface area contributed by atoms with Crippen molar-refractivity contribution >= 4 is 0 Å². The summed E-state index contributed by atoms with van der Waals surface area (Å²) in [6, 6.07) is 4.21. The van der Waals surface area contributed by atoms with Gasteiger partial charge in [-0.1, -0.05) is 33.1 Å². The zero-order valence-electron chi connectivity index (χ0n) is 26.0. The molecule has 10 heteroatoms. The number of unbranched alkanes of at least 4 members (excludes halogenated alkanes) is 2. The molecule has 1 N–H and O–H groups in total. The van der Waals surface area contributed by atoms with Gasteiger partial charge in [0.25, 0.3) is 5.97 Å². The third-order valence-corrected chi connectivity index (χ3v) is 10.3. The molecule has 2 saturated carbocycles. The lowest BCUT2D eigenvalue weighted by Crippen LogP contribution is -2.53. The smallest absolute Gasteiger partial charge is 0.400 e. The number of hydrogen-bond acceptors (Lipinski definition) is 4. The largest absolute Gasteiger partial charge is 0.432 e. The molecule has 0 radical (unpaired) electrons. The van der Waals surface area contributed by atoms with E-state index >= 15 is 8.78 Å². The Balaban J connectivity index is 1.09. The van der Waals surface area contributed by atoms with Crippen LogP contribution in [0.2, 0.25) is 0 Å². The summed E-state index contributed by atoms with van der Waals surface area (Å²) >= 11 is 0. The van der Waals surface area contributed by atoms with Gasteiger partial charge in [-0.3, -0.25) is 0 Å². The van der Waals surface area contributed by atoms with Gasteiger partial charge in [-0.15, -0.1) is 0 Å². The average molecular weight is 643 g/mol. The fraction of sp³-hybridized carbons (Fsp3) is 0.657. The highest BCUT2D eigenvalue weighted by atomic mass is 19.3. The van der Waals surface area contributed by atoms with Crippen molar-refractivity contribution in [2.75, 3.05) is 13.2 Å². The fourth-order valence-corrected chi connectivity index (χ4v) is 7.45. The standard InChI is InChI=1S/C35H44F6O4/c1-3-4-5-16-33(2)20-43-35(42,44-21-33)26-12-8-23(9-13-26)22-6-10-25(11-7-22)34(40,41)45-27-14-15-28(29(36)19-27)24-17-30(37)32(39)31(38)18-24/h14-15,17-19,22-23,25-26,42H,3-13,16,20-21H2,1-2H3. The molecule has 45 heavy (non-hydrogen) atoms. The quantitative estimate of drug-likeness (QED) is 0.159. The van der Waals surface area contributed by atoms with Crippen molar-refractivity contribution < 1.29 is 45.7 Å². The molecule has 0 bridgehead atoms. The van der Waals surface area contributed by atoms with E-state index in [1.165, 1.54) is 6.42 Å².